The molecule has 5 nitrogen and oxygen atoms in total. The normalized spacial score (nSPS) is 10.5. The maximum Gasteiger partial charge on any atom is 0.309 e. The first kappa shape index (κ1) is 20.2. The summed E-state index contributed by atoms with van der Waals surface area (Å²) in [5.74, 6) is -1.28. The van der Waals surface area contributed by atoms with Gasteiger partial charge in [0, 0.05) is 34.7 Å². The first-order valence-electron chi connectivity index (χ1n) is 8.74. The van der Waals surface area contributed by atoms with E-state index in [1.807, 2.05) is 55.6 Å². The summed E-state index contributed by atoms with van der Waals surface area (Å²) in [6, 6.07) is 11.7. The zero-order chi connectivity index (χ0) is 20.1. The number of hydrogen-bond donors (Lipinski definition) is 2. The van der Waals surface area contributed by atoms with Crippen LogP contribution in [0.1, 0.15) is 22.3 Å². The van der Waals surface area contributed by atoms with Crippen molar-refractivity contribution in [2.45, 2.75) is 26.9 Å². The van der Waals surface area contributed by atoms with Crippen molar-refractivity contribution in [1.29, 1.82) is 0 Å². The number of rotatable bonds is 5. The number of amides is 2. The molecule has 0 saturated heterocycles. The van der Waals surface area contributed by atoms with Gasteiger partial charge in [0.2, 0.25) is 0 Å². The van der Waals surface area contributed by atoms with E-state index in [-0.39, 0.29) is 0 Å². The lowest BCUT2D eigenvalue weighted by Gasteiger charge is -2.12. The topological polar surface area (TPSA) is 71.1 Å². The second kappa shape index (κ2) is 9.12. The highest BCUT2D eigenvalue weighted by Crippen LogP contribution is 2.22. The minimum Gasteiger partial charge on any atom is -0.344 e. The van der Waals surface area contributed by atoms with Gasteiger partial charge in [-0.3, -0.25) is 9.59 Å². The fourth-order valence-electron chi connectivity index (χ4n) is 2.86. The molecule has 2 amide bonds. The number of aryl methyl sites for hydroxylation is 2. The lowest BCUT2D eigenvalue weighted by atomic mass is 10.0. The van der Waals surface area contributed by atoms with Crippen LogP contribution < -0.4 is 10.6 Å². The van der Waals surface area contributed by atoms with Crippen LogP contribution in [0.15, 0.2) is 52.4 Å². The summed E-state index contributed by atoms with van der Waals surface area (Å²) in [6.45, 7) is 4.57. The Labute approximate surface area is 176 Å². The summed E-state index contributed by atoms with van der Waals surface area (Å²) in [7, 11) is 0. The van der Waals surface area contributed by atoms with Crippen molar-refractivity contribution in [3.8, 4) is 10.6 Å². The predicted molar refractivity (Wildman–Crippen MR) is 115 cm³/mol. The van der Waals surface area contributed by atoms with Crippen molar-refractivity contribution in [2.24, 2.45) is 0 Å². The summed E-state index contributed by atoms with van der Waals surface area (Å²) in [4.78, 5) is 28.4. The summed E-state index contributed by atoms with van der Waals surface area (Å²) >= 11 is 5.03. The van der Waals surface area contributed by atoms with E-state index < -0.39 is 11.8 Å². The molecule has 28 heavy (non-hydrogen) atoms. The molecule has 3 aromatic rings. The molecule has 144 valence electrons. The molecular weight excluding hydrogens is 438 g/mol. The van der Waals surface area contributed by atoms with Crippen LogP contribution in [0.5, 0.6) is 0 Å². The number of carbonyl (C=O) groups excluding carboxylic acids is 2. The maximum absolute atomic E-state index is 12.1. The number of halogens is 1. The average molecular weight is 458 g/mol. The van der Waals surface area contributed by atoms with E-state index in [4.69, 9.17) is 0 Å². The molecular formula is C21H20BrN3O2S. The summed E-state index contributed by atoms with van der Waals surface area (Å²) < 4.78 is 0.996. The number of nitrogens with zero attached hydrogens (tertiary/aromatic N) is 1. The van der Waals surface area contributed by atoms with Gasteiger partial charge in [0.05, 0.1) is 0 Å². The van der Waals surface area contributed by atoms with Crippen LogP contribution in [0.3, 0.4) is 0 Å². The zero-order valence-electron chi connectivity index (χ0n) is 15.6. The molecule has 0 saturated carbocycles. The maximum atomic E-state index is 12.1. The molecule has 0 fully saturated rings. The van der Waals surface area contributed by atoms with Crippen molar-refractivity contribution < 1.29 is 9.59 Å². The zero-order valence-corrected chi connectivity index (χ0v) is 18.0. The number of thiazole rings is 1. The summed E-state index contributed by atoms with van der Waals surface area (Å²) in [6.07, 6.45) is 1.77. The van der Waals surface area contributed by atoms with Crippen LogP contribution in [0.4, 0.5) is 0 Å². The SMILES string of the molecule is Cc1cc(Br)cc(C)c1CNC(=O)C(=O)NCc1ccc(-c2nccs2)cc1. The van der Waals surface area contributed by atoms with Crippen LogP contribution in [0, 0.1) is 13.8 Å². The largest absolute Gasteiger partial charge is 0.344 e. The van der Waals surface area contributed by atoms with E-state index in [1.54, 1.807) is 17.5 Å². The highest BCUT2D eigenvalue weighted by atomic mass is 79.9. The van der Waals surface area contributed by atoms with Gasteiger partial charge in [-0.1, -0.05) is 40.2 Å². The van der Waals surface area contributed by atoms with Crippen LogP contribution in [-0.4, -0.2) is 16.8 Å². The third kappa shape index (κ3) is 5.05. The van der Waals surface area contributed by atoms with Gasteiger partial charge in [-0.05, 0) is 48.2 Å². The van der Waals surface area contributed by atoms with E-state index in [0.717, 1.165) is 37.3 Å². The number of benzene rings is 2. The predicted octanol–water partition coefficient (Wildman–Crippen LogP) is 4.12. The highest BCUT2D eigenvalue weighted by Gasteiger charge is 2.14. The van der Waals surface area contributed by atoms with Crippen LogP contribution in [0.2, 0.25) is 0 Å². The van der Waals surface area contributed by atoms with E-state index in [0.29, 0.717) is 13.1 Å². The van der Waals surface area contributed by atoms with Gasteiger partial charge in [0.1, 0.15) is 5.01 Å². The lowest BCUT2D eigenvalue weighted by molar-refractivity contribution is -0.139. The van der Waals surface area contributed by atoms with Crippen molar-refractivity contribution in [2.75, 3.05) is 0 Å². The monoisotopic (exact) mass is 457 g/mol. The molecule has 3 rings (SSSR count). The lowest BCUT2D eigenvalue weighted by Crippen LogP contribution is -2.39. The molecule has 0 spiro atoms. The Bertz CT molecular complexity index is 962. The molecule has 0 bridgehead atoms. The van der Waals surface area contributed by atoms with E-state index in [9.17, 15) is 9.59 Å². The average Bonchev–Trinajstić information content (AvgIpc) is 3.20. The van der Waals surface area contributed by atoms with E-state index in [1.165, 1.54) is 0 Å². The Morgan fingerprint density at radius 3 is 2.18 bits per heavy atom. The Balaban J connectivity index is 1.51. The Morgan fingerprint density at radius 2 is 1.61 bits per heavy atom. The molecule has 0 unspecified atom stereocenters. The summed E-state index contributed by atoms with van der Waals surface area (Å²) in [5.41, 5.74) is 5.09. The molecule has 0 radical (unpaired) electrons. The standard InChI is InChI=1S/C21H20BrN3O2S/c1-13-9-17(22)10-14(2)18(13)12-25-20(27)19(26)24-11-15-3-5-16(6-4-15)21-23-7-8-28-21/h3-10H,11-12H2,1-2H3,(H,24,26)(H,25,27). The third-order valence-corrected chi connectivity index (χ3v) is 5.66. The first-order chi connectivity index (χ1) is 13.4. The van der Waals surface area contributed by atoms with Crippen molar-refractivity contribution in [3.63, 3.8) is 0 Å². The number of aromatic nitrogens is 1. The Morgan fingerprint density at radius 1 is 1.00 bits per heavy atom. The number of nitrogens with one attached hydrogen (secondary N) is 2. The molecule has 0 aliphatic carbocycles. The van der Waals surface area contributed by atoms with Crippen molar-refractivity contribution in [1.82, 2.24) is 15.6 Å². The third-order valence-electron chi connectivity index (χ3n) is 4.38. The number of carbonyl (C=O) groups is 2. The molecule has 1 aromatic heterocycles. The summed E-state index contributed by atoms with van der Waals surface area (Å²) in [5, 5.41) is 8.23. The minimum atomic E-state index is -0.642. The molecule has 2 aromatic carbocycles. The molecule has 1 heterocycles. The molecule has 0 aliphatic rings. The fraction of sp³-hybridized carbons (Fsp3) is 0.190. The molecule has 0 aliphatic heterocycles. The van der Waals surface area contributed by atoms with Crippen LogP contribution in [0.25, 0.3) is 10.6 Å². The van der Waals surface area contributed by atoms with Gasteiger partial charge in [0.25, 0.3) is 0 Å². The van der Waals surface area contributed by atoms with E-state index >= 15 is 0 Å². The number of hydrogen-bond acceptors (Lipinski definition) is 4. The van der Waals surface area contributed by atoms with Crippen molar-refractivity contribution >= 4 is 39.1 Å². The second-order valence-electron chi connectivity index (χ2n) is 6.42. The van der Waals surface area contributed by atoms with Crippen LogP contribution in [-0.2, 0) is 22.7 Å². The van der Waals surface area contributed by atoms with Gasteiger partial charge < -0.3 is 10.6 Å². The van der Waals surface area contributed by atoms with Crippen LogP contribution >= 0.6 is 27.3 Å². The van der Waals surface area contributed by atoms with Gasteiger partial charge in [-0.25, -0.2) is 4.98 Å². The quantitative estimate of drug-likeness (QED) is 0.565. The van der Waals surface area contributed by atoms with Gasteiger partial charge in [-0.2, -0.15) is 0 Å². The molecule has 7 heteroatoms. The second-order valence-corrected chi connectivity index (χ2v) is 8.23. The first-order valence-corrected chi connectivity index (χ1v) is 10.4. The molecule has 2 N–H and O–H groups in total. The van der Waals surface area contributed by atoms with Gasteiger partial charge in [-0.15, -0.1) is 11.3 Å². The Hall–Kier alpha value is -2.51. The highest BCUT2D eigenvalue weighted by molar-refractivity contribution is 9.10. The fourth-order valence-corrected chi connectivity index (χ4v) is 4.19. The molecule has 0 atom stereocenters. The van der Waals surface area contributed by atoms with Gasteiger partial charge in [0.15, 0.2) is 0 Å². The van der Waals surface area contributed by atoms with Gasteiger partial charge >= 0.3 is 11.8 Å². The minimum absolute atomic E-state index is 0.292. The van der Waals surface area contributed by atoms with E-state index in [2.05, 4.69) is 31.5 Å². The van der Waals surface area contributed by atoms with Crippen molar-refractivity contribution in [3.05, 3.63) is 74.7 Å². The Kier molecular flexibility index (Phi) is 6.59. The smallest absolute Gasteiger partial charge is 0.309 e.